The molecule has 1 fully saturated rings. The Morgan fingerprint density at radius 1 is 0.853 bits per heavy atom. The second-order valence-corrected chi connectivity index (χ2v) is 8.74. The smallest absolute Gasteiger partial charge is 0.289 e. The molecule has 0 atom stereocenters. The SMILES string of the molecule is O=C(CSc1nnc(-c2ccco2)n1Cc1ccccc1)N1CCN(C(=O)c2ccco2)CC1. The molecule has 9 nitrogen and oxygen atoms in total. The largest absolute Gasteiger partial charge is 0.461 e. The Bertz CT molecular complexity index is 1230. The van der Waals surface area contributed by atoms with E-state index in [4.69, 9.17) is 8.83 Å². The molecule has 4 aromatic rings. The zero-order valence-electron chi connectivity index (χ0n) is 18.4. The van der Waals surface area contributed by atoms with Gasteiger partial charge in [-0.3, -0.25) is 14.2 Å². The fourth-order valence-corrected chi connectivity index (χ4v) is 4.67. The third-order valence-corrected chi connectivity index (χ3v) is 6.57. The number of hydrogen-bond acceptors (Lipinski definition) is 7. The lowest BCUT2D eigenvalue weighted by Gasteiger charge is -2.34. The first-order valence-electron chi connectivity index (χ1n) is 10.9. The molecule has 1 saturated heterocycles. The molecule has 1 aliphatic rings. The molecule has 0 saturated carbocycles. The minimum absolute atomic E-state index is 0.00362. The number of carbonyl (C=O) groups is 2. The van der Waals surface area contributed by atoms with Gasteiger partial charge in [-0.2, -0.15) is 0 Å². The van der Waals surface area contributed by atoms with E-state index in [1.807, 2.05) is 47.0 Å². The lowest BCUT2D eigenvalue weighted by atomic mass is 10.2. The number of piperazine rings is 1. The van der Waals surface area contributed by atoms with Gasteiger partial charge in [0.1, 0.15) is 0 Å². The van der Waals surface area contributed by atoms with E-state index in [0.717, 1.165) is 5.56 Å². The summed E-state index contributed by atoms with van der Waals surface area (Å²) >= 11 is 1.35. The zero-order valence-corrected chi connectivity index (χ0v) is 19.2. The monoisotopic (exact) mass is 477 g/mol. The fourth-order valence-electron chi connectivity index (χ4n) is 3.82. The summed E-state index contributed by atoms with van der Waals surface area (Å²) in [4.78, 5) is 28.8. The summed E-state index contributed by atoms with van der Waals surface area (Å²) < 4.78 is 12.7. The molecule has 0 N–H and O–H groups in total. The lowest BCUT2D eigenvalue weighted by molar-refractivity contribution is -0.129. The van der Waals surface area contributed by atoms with Gasteiger partial charge in [0.25, 0.3) is 5.91 Å². The minimum atomic E-state index is -0.147. The molecular formula is C24H23N5O4S. The highest BCUT2D eigenvalue weighted by atomic mass is 32.2. The Labute approximate surface area is 200 Å². The van der Waals surface area contributed by atoms with E-state index in [1.165, 1.54) is 18.0 Å². The third kappa shape index (κ3) is 4.76. The van der Waals surface area contributed by atoms with Gasteiger partial charge in [0.2, 0.25) is 11.7 Å². The van der Waals surface area contributed by atoms with Gasteiger partial charge in [0.05, 0.1) is 24.8 Å². The van der Waals surface area contributed by atoms with Gasteiger partial charge in [-0.1, -0.05) is 42.1 Å². The van der Waals surface area contributed by atoms with Crippen molar-refractivity contribution in [1.82, 2.24) is 24.6 Å². The van der Waals surface area contributed by atoms with Gasteiger partial charge in [0.15, 0.2) is 16.7 Å². The molecular weight excluding hydrogens is 454 g/mol. The lowest BCUT2D eigenvalue weighted by Crippen LogP contribution is -2.51. The van der Waals surface area contributed by atoms with E-state index in [0.29, 0.717) is 55.2 Å². The van der Waals surface area contributed by atoms with Gasteiger partial charge >= 0.3 is 0 Å². The van der Waals surface area contributed by atoms with Crippen molar-refractivity contribution in [2.45, 2.75) is 11.7 Å². The molecule has 1 aliphatic heterocycles. The van der Waals surface area contributed by atoms with Crippen LogP contribution in [0, 0.1) is 0 Å². The van der Waals surface area contributed by atoms with Crippen molar-refractivity contribution in [1.29, 1.82) is 0 Å². The second-order valence-electron chi connectivity index (χ2n) is 7.79. The van der Waals surface area contributed by atoms with E-state index >= 15 is 0 Å². The van der Waals surface area contributed by atoms with Gasteiger partial charge < -0.3 is 18.6 Å². The highest BCUT2D eigenvalue weighted by molar-refractivity contribution is 7.99. The van der Waals surface area contributed by atoms with Crippen LogP contribution in [0.4, 0.5) is 0 Å². The Balaban J connectivity index is 1.23. The number of amides is 2. The molecule has 0 bridgehead atoms. The maximum absolute atomic E-state index is 12.9. The topological polar surface area (TPSA) is 97.6 Å². The quantitative estimate of drug-likeness (QED) is 0.377. The van der Waals surface area contributed by atoms with Crippen LogP contribution in [0.3, 0.4) is 0 Å². The fraction of sp³-hybridized carbons (Fsp3) is 0.250. The molecule has 3 aromatic heterocycles. The summed E-state index contributed by atoms with van der Waals surface area (Å²) in [6.45, 7) is 2.49. The summed E-state index contributed by atoms with van der Waals surface area (Å²) in [6.07, 6.45) is 3.08. The number of carbonyl (C=O) groups excluding carboxylic acids is 2. The highest BCUT2D eigenvalue weighted by Gasteiger charge is 2.26. The summed E-state index contributed by atoms with van der Waals surface area (Å²) in [5, 5.41) is 9.30. The number of benzene rings is 1. The normalized spacial score (nSPS) is 13.9. The summed E-state index contributed by atoms with van der Waals surface area (Å²) in [6, 6.07) is 17.0. The Morgan fingerprint density at radius 2 is 1.59 bits per heavy atom. The molecule has 0 radical (unpaired) electrons. The zero-order chi connectivity index (χ0) is 23.3. The minimum Gasteiger partial charge on any atom is -0.461 e. The maximum atomic E-state index is 12.9. The maximum Gasteiger partial charge on any atom is 0.289 e. The van der Waals surface area contributed by atoms with E-state index in [2.05, 4.69) is 10.2 Å². The van der Waals surface area contributed by atoms with E-state index in [-0.39, 0.29) is 17.6 Å². The second kappa shape index (κ2) is 10.0. The molecule has 34 heavy (non-hydrogen) atoms. The van der Waals surface area contributed by atoms with Crippen LogP contribution in [-0.4, -0.2) is 68.3 Å². The number of hydrogen-bond donors (Lipinski definition) is 0. The third-order valence-electron chi connectivity index (χ3n) is 5.62. The summed E-state index contributed by atoms with van der Waals surface area (Å²) in [7, 11) is 0. The van der Waals surface area contributed by atoms with Gasteiger partial charge in [-0.15, -0.1) is 10.2 Å². The predicted molar refractivity (Wildman–Crippen MR) is 125 cm³/mol. The Hall–Kier alpha value is -3.79. The molecule has 5 rings (SSSR count). The van der Waals surface area contributed by atoms with Crippen molar-refractivity contribution >= 4 is 23.6 Å². The highest BCUT2D eigenvalue weighted by Crippen LogP contribution is 2.26. The average Bonchev–Trinajstić information content (AvgIpc) is 3.65. The first kappa shape index (κ1) is 22.0. The van der Waals surface area contributed by atoms with Crippen molar-refractivity contribution in [2.75, 3.05) is 31.9 Å². The Morgan fingerprint density at radius 3 is 2.29 bits per heavy atom. The van der Waals surface area contributed by atoms with Gasteiger partial charge in [-0.25, -0.2) is 0 Å². The molecule has 174 valence electrons. The van der Waals surface area contributed by atoms with Crippen LogP contribution in [0.1, 0.15) is 16.1 Å². The van der Waals surface area contributed by atoms with E-state index in [1.54, 1.807) is 28.2 Å². The van der Waals surface area contributed by atoms with Crippen LogP contribution in [0.5, 0.6) is 0 Å². The first-order valence-corrected chi connectivity index (χ1v) is 11.9. The van der Waals surface area contributed by atoms with Gasteiger partial charge in [0, 0.05) is 26.2 Å². The van der Waals surface area contributed by atoms with Crippen molar-refractivity contribution in [3.63, 3.8) is 0 Å². The van der Waals surface area contributed by atoms with Crippen LogP contribution in [-0.2, 0) is 11.3 Å². The van der Waals surface area contributed by atoms with Crippen LogP contribution >= 0.6 is 11.8 Å². The van der Waals surface area contributed by atoms with Crippen molar-refractivity contribution in [2.24, 2.45) is 0 Å². The van der Waals surface area contributed by atoms with Crippen LogP contribution < -0.4 is 0 Å². The Kier molecular flexibility index (Phi) is 6.48. The predicted octanol–water partition coefficient (Wildman–Crippen LogP) is 3.26. The molecule has 0 aliphatic carbocycles. The molecule has 1 aromatic carbocycles. The number of furan rings is 2. The van der Waals surface area contributed by atoms with Crippen LogP contribution in [0.25, 0.3) is 11.6 Å². The number of rotatable bonds is 7. The average molecular weight is 478 g/mol. The molecule has 10 heteroatoms. The molecule has 2 amide bonds. The van der Waals surface area contributed by atoms with Gasteiger partial charge in [-0.05, 0) is 29.8 Å². The van der Waals surface area contributed by atoms with E-state index < -0.39 is 0 Å². The number of nitrogens with zero attached hydrogens (tertiary/aromatic N) is 5. The van der Waals surface area contributed by atoms with Crippen LogP contribution in [0.15, 0.2) is 81.1 Å². The number of thioether (sulfide) groups is 1. The van der Waals surface area contributed by atoms with Crippen molar-refractivity contribution < 1.29 is 18.4 Å². The molecule has 0 spiro atoms. The molecule has 4 heterocycles. The summed E-state index contributed by atoms with van der Waals surface area (Å²) in [5.41, 5.74) is 1.10. The first-order chi connectivity index (χ1) is 16.7. The van der Waals surface area contributed by atoms with Crippen LogP contribution in [0.2, 0.25) is 0 Å². The summed E-state index contributed by atoms with van der Waals surface area (Å²) in [5.74, 6) is 1.65. The molecule has 0 unspecified atom stereocenters. The van der Waals surface area contributed by atoms with Crippen molar-refractivity contribution in [3.8, 4) is 11.6 Å². The number of aromatic nitrogens is 3. The van der Waals surface area contributed by atoms with E-state index in [9.17, 15) is 9.59 Å². The standard InChI is InChI=1S/C24H23N5O4S/c30-21(27-10-12-28(13-11-27)23(31)20-9-5-15-33-20)17-34-24-26-25-22(19-8-4-14-32-19)29(24)16-18-6-2-1-3-7-18/h1-9,14-15H,10-13,16-17H2. The van der Waals surface area contributed by atoms with Crippen molar-refractivity contribution in [3.05, 3.63) is 78.4 Å².